The molecule has 1 unspecified atom stereocenters. The Morgan fingerprint density at radius 3 is 2.35 bits per heavy atom. The van der Waals surface area contributed by atoms with Gasteiger partial charge in [0.15, 0.2) is 0 Å². The maximum absolute atomic E-state index is 12.7. The van der Waals surface area contributed by atoms with Gasteiger partial charge in [-0.1, -0.05) is 24.3 Å². The van der Waals surface area contributed by atoms with E-state index >= 15 is 0 Å². The molecule has 0 aliphatic carbocycles. The molecule has 0 spiro atoms. The van der Waals surface area contributed by atoms with Crippen molar-refractivity contribution in [3.05, 3.63) is 59.7 Å². The van der Waals surface area contributed by atoms with Crippen molar-refractivity contribution in [2.45, 2.75) is 24.8 Å². The van der Waals surface area contributed by atoms with E-state index in [-0.39, 0.29) is 10.5 Å². The van der Waals surface area contributed by atoms with Crippen molar-refractivity contribution in [2.24, 2.45) is 0 Å². The zero-order valence-electron chi connectivity index (χ0n) is 12.9. The minimum absolute atomic E-state index is 0.0720. The highest BCUT2D eigenvalue weighted by Crippen LogP contribution is 2.36. The van der Waals surface area contributed by atoms with Crippen molar-refractivity contribution in [1.29, 1.82) is 0 Å². The summed E-state index contributed by atoms with van der Waals surface area (Å²) in [7, 11) is -3.81. The fourth-order valence-electron chi connectivity index (χ4n) is 2.73. The summed E-state index contributed by atoms with van der Waals surface area (Å²) in [5, 5.41) is 0. The molecule has 2 aromatic rings. The van der Waals surface area contributed by atoms with E-state index in [1.54, 1.807) is 49.4 Å². The standard InChI is InChI=1S/C17H17NO4S/c1-3-22-14-10-8-13(9-11-14)12(2)18-17(19)15-6-4-5-7-16(15)23(18,20)21/h4-12H,3H2,1-2H3. The summed E-state index contributed by atoms with van der Waals surface area (Å²) >= 11 is 0. The molecule has 6 heteroatoms. The Kier molecular flexibility index (Phi) is 3.85. The van der Waals surface area contributed by atoms with Crippen molar-refractivity contribution in [2.75, 3.05) is 6.61 Å². The predicted molar refractivity (Wildman–Crippen MR) is 85.8 cm³/mol. The van der Waals surface area contributed by atoms with Crippen LogP contribution in [-0.4, -0.2) is 25.2 Å². The molecule has 2 aromatic carbocycles. The third-order valence-electron chi connectivity index (χ3n) is 3.88. The summed E-state index contributed by atoms with van der Waals surface area (Å²) in [6.07, 6.45) is 0. The third-order valence-corrected chi connectivity index (χ3v) is 5.79. The summed E-state index contributed by atoms with van der Waals surface area (Å²) in [6, 6.07) is 12.8. The molecule has 0 saturated carbocycles. The Balaban J connectivity index is 1.97. The van der Waals surface area contributed by atoms with Crippen LogP contribution < -0.4 is 4.74 Å². The van der Waals surface area contributed by atoms with Gasteiger partial charge >= 0.3 is 0 Å². The highest BCUT2D eigenvalue weighted by molar-refractivity contribution is 7.90. The number of sulfonamides is 1. The maximum atomic E-state index is 12.7. The molecule has 1 aliphatic heterocycles. The van der Waals surface area contributed by atoms with E-state index < -0.39 is 22.0 Å². The van der Waals surface area contributed by atoms with Gasteiger partial charge in [0.25, 0.3) is 15.9 Å². The lowest BCUT2D eigenvalue weighted by atomic mass is 10.1. The van der Waals surface area contributed by atoms with Crippen LogP contribution in [0.3, 0.4) is 0 Å². The lowest BCUT2D eigenvalue weighted by Crippen LogP contribution is -2.32. The van der Waals surface area contributed by atoms with Crippen LogP contribution in [0.15, 0.2) is 53.4 Å². The minimum Gasteiger partial charge on any atom is -0.494 e. The highest BCUT2D eigenvalue weighted by Gasteiger charge is 2.43. The molecule has 0 radical (unpaired) electrons. The molecule has 0 aromatic heterocycles. The maximum Gasteiger partial charge on any atom is 0.269 e. The van der Waals surface area contributed by atoms with Gasteiger partial charge in [-0.05, 0) is 43.7 Å². The van der Waals surface area contributed by atoms with E-state index in [4.69, 9.17) is 4.74 Å². The lowest BCUT2D eigenvalue weighted by molar-refractivity contribution is 0.0839. The Hall–Kier alpha value is -2.34. The van der Waals surface area contributed by atoms with Gasteiger partial charge < -0.3 is 4.74 Å². The van der Waals surface area contributed by atoms with E-state index in [1.807, 2.05) is 6.92 Å². The van der Waals surface area contributed by atoms with Crippen LogP contribution in [0.1, 0.15) is 35.8 Å². The number of hydrogen-bond acceptors (Lipinski definition) is 4. The molecule has 1 heterocycles. The number of carbonyl (C=O) groups is 1. The first-order valence-electron chi connectivity index (χ1n) is 7.37. The van der Waals surface area contributed by atoms with Gasteiger partial charge in [-0.25, -0.2) is 12.7 Å². The molecule has 0 saturated heterocycles. The molecular weight excluding hydrogens is 314 g/mol. The average molecular weight is 331 g/mol. The molecule has 5 nitrogen and oxygen atoms in total. The zero-order valence-corrected chi connectivity index (χ0v) is 13.7. The van der Waals surface area contributed by atoms with Crippen molar-refractivity contribution < 1.29 is 17.9 Å². The first-order valence-corrected chi connectivity index (χ1v) is 8.81. The van der Waals surface area contributed by atoms with Crippen LogP contribution in [0.25, 0.3) is 0 Å². The van der Waals surface area contributed by atoms with E-state index in [0.717, 1.165) is 9.87 Å². The Morgan fingerprint density at radius 1 is 1.09 bits per heavy atom. The Labute approximate surface area is 135 Å². The fourth-order valence-corrected chi connectivity index (χ4v) is 4.48. The van der Waals surface area contributed by atoms with Crippen LogP contribution in [-0.2, 0) is 10.0 Å². The first-order chi connectivity index (χ1) is 11.0. The van der Waals surface area contributed by atoms with Gasteiger partial charge in [0.1, 0.15) is 10.6 Å². The van der Waals surface area contributed by atoms with E-state index in [1.165, 1.54) is 6.07 Å². The normalized spacial score (nSPS) is 17.0. The zero-order chi connectivity index (χ0) is 16.6. The number of ether oxygens (including phenoxy) is 1. The second kappa shape index (κ2) is 5.70. The van der Waals surface area contributed by atoms with Crippen molar-refractivity contribution in [3.8, 4) is 5.75 Å². The van der Waals surface area contributed by atoms with Crippen LogP contribution >= 0.6 is 0 Å². The molecule has 0 fully saturated rings. The Morgan fingerprint density at radius 2 is 1.74 bits per heavy atom. The number of carbonyl (C=O) groups excluding carboxylic acids is 1. The molecule has 1 aliphatic rings. The van der Waals surface area contributed by atoms with E-state index in [9.17, 15) is 13.2 Å². The fraction of sp³-hybridized carbons (Fsp3) is 0.235. The van der Waals surface area contributed by atoms with Crippen molar-refractivity contribution >= 4 is 15.9 Å². The molecule has 120 valence electrons. The van der Waals surface area contributed by atoms with E-state index in [0.29, 0.717) is 12.4 Å². The molecule has 1 amide bonds. The average Bonchev–Trinajstić information content (AvgIpc) is 2.75. The summed E-state index contributed by atoms with van der Waals surface area (Å²) in [5.74, 6) is 0.226. The number of benzene rings is 2. The van der Waals surface area contributed by atoms with Crippen LogP contribution in [0, 0.1) is 0 Å². The smallest absolute Gasteiger partial charge is 0.269 e. The summed E-state index contributed by atoms with van der Waals surface area (Å²) in [4.78, 5) is 12.6. The molecular formula is C17H17NO4S. The minimum atomic E-state index is -3.81. The second-order valence-electron chi connectivity index (χ2n) is 5.28. The van der Waals surface area contributed by atoms with Crippen molar-refractivity contribution in [3.63, 3.8) is 0 Å². The van der Waals surface area contributed by atoms with Crippen LogP contribution in [0.2, 0.25) is 0 Å². The largest absolute Gasteiger partial charge is 0.494 e. The Bertz CT molecular complexity index is 843. The SMILES string of the molecule is CCOc1ccc(C(C)N2C(=O)c3ccccc3S2(=O)=O)cc1. The van der Waals surface area contributed by atoms with Gasteiger partial charge in [0.2, 0.25) is 0 Å². The van der Waals surface area contributed by atoms with Gasteiger partial charge in [-0.3, -0.25) is 4.79 Å². The van der Waals surface area contributed by atoms with Crippen molar-refractivity contribution in [1.82, 2.24) is 4.31 Å². The number of nitrogens with zero attached hydrogens (tertiary/aromatic N) is 1. The van der Waals surface area contributed by atoms with Gasteiger partial charge in [-0.15, -0.1) is 0 Å². The topological polar surface area (TPSA) is 63.7 Å². The number of fused-ring (bicyclic) bond motifs is 1. The molecule has 0 bridgehead atoms. The predicted octanol–water partition coefficient (Wildman–Crippen LogP) is 2.99. The molecule has 0 N–H and O–H groups in total. The molecule has 23 heavy (non-hydrogen) atoms. The highest BCUT2D eigenvalue weighted by atomic mass is 32.2. The van der Waals surface area contributed by atoms with Crippen LogP contribution in [0.4, 0.5) is 0 Å². The molecule has 1 atom stereocenters. The summed E-state index contributed by atoms with van der Waals surface area (Å²) in [5.41, 5.74) is 0.962. The van der Waals surface area contributed by atoms with Gasteiger partial charge in [0, 0.05) is 0 Å². The monoisotopic (exact) mass is 331 g/mol. The lowest BCUT2D eigenvalue weighted by Gasteiger charge is -2.23. The second-order valence-corrected chi connectivity index (χ2v) is 7.06. The molecule has 3 rings (SSSR count). The van der Waals surface area contributed by atoms with Gasteiger partial charge in [0.05, 0.1) is 18.2 Å². The summed E-state index contributed by atoms with van der Waals surface area (Å²) < 4.78 is 31.7. The van der Waals surface area contributed by atoms with E-state index in [2.05, 4.69) is 0 Å². The quantitative estimate of drug-likeness (QED) is 0.864. The number of amides is 1. The number of rotatable bonds is 4. The first kappa shape index (κ1) is 15.6. The third kappa shape index (κ3) is 2.49. The van der Waals surface area contributed by atoms with Crippen LogP contribution in [0.5, 0.6) is 5.75 Å². The van der Waals surface area contributed by atoms with Gasteiger partial charge in [-0.2, -0.15) is 0 Å². The summed E-state index contributed by atoms with van der Waals surface area (Å²) in [6.45, 7) is 4.16. The number of hydrogen-bond donors (Lipinski definition) is 0.